The average Bonchev–Trinajstić information content (AvgIpc) is 2.48. The van der Waals surface area contributed by atoms with Crippen molar-refractivity contribution >= 4 is 0 Å². The highest BCUT2D eigenvalue weighted by atomic mass is 16.5. The largest absolute Gasteiger partial charge is 0.361 e. The molecule has 0 saturated carbocycles. The van der Waals surface area contributed by atoms with Gasteiger partial charge in [-0.05, 0) is 26.3 Å². The Hall–Kier alpha value is -1.71. The Balaban J connectivity index is 2.66. The first kappa shape index (κ1) is 8.87. The van der Waals surface area contributed by atoms with Crippen molar-refractivity contribution in [3.8, 4) is 11.3 Å². The molecule has 2 aromatic heterocycles. The van der Waals surface area contributed by atoms with E-state index in [4.69, 9.17) is 4.52 Å². The molecular formula is C10H11N3O. The zero-order chi connectivity index (χ0) is 10.1. The maximum Gasteiger partial charge on any atom is 0.143 e. The Kier molecular flexibility index (Phi) is 2.04. The molecule has 0 fully saturated rings. The predicted octanol–water partition coefficient (Wildman–Crippen LogP) is 2.06. The van der Waals surface area contributed by atoms with Crippen LogP contribution >= 0.6 is 0 Å². The second-order valence-electron chi connectivity index (χ2n) is 3.25. The first-order valence-corrected chi connectivity index (χ1v) is 4.40. The van der Waals surface area contributed by atoms with Gasteiger partial charge in [0, 0.05) is 6.20 Å². The molecule has 0 spiro atoms. The number of nitrogens with zero attached hydrogens (tertiary/aromatic N) is 3. The molecule has 72 valence electrons. The lowest BCUT2D eigenvalue weighted by Gasteiger charge is -2.01. The third kappa shape index (κ3) is 1.28. The maximum atomic E-state index is 5.09. The quantitative estimate of drug-likeness (QED) is 0.689. The van der Waals surface area contributed by atoms with Gasteiger partial charge in [-0.25, -0.2) is 9.97 Å². The van der Waals surface area contributed by atoms with Crippen LogP contribution in [0.25, 0.3) is 11.3 Å². The Bertz CT molecular complexity index is 443. The molecule has 0 radical (unpaired) electrons. The van der Waals surface area contributed by atoms with E-state index in [0.717, 1.165) is 28.3 Å². The van der Waals surface area contributed by atoms with Crippen molar-refractivity contribution < 1.29 is 4.52 Å². The Morgan fingerprint density at radius 2 is 2.00 bits per heavy atom. The number of aryl methyl sites for hydroxylation is 3. The van der Waals surface area contributed by atoms with Crippen molar-refractivity contribution in [3.05, 3.63) is 29.5 Å². The van der Waals surface area contributed by atoms with Gasteiger partial charge >= 0.3 is 0 Å². The van der Waals surface area contributed by atoms with Crippen LogP contribution < -0.4 is 0 Å². The van der Waals surface area contributed by atoms with Gasteiger partial charge in [0.1, 0.15) is 12.1 Å². The van der Waals surface area contributed by atoms with Gasteiger partial charge in [-0.15, -0.1) is 0 Å². The summed E-state index contributed by atoms with van der Waals surface area (Å²) in [5.41, 5.74) is 3.77. The Morgan fingerprint density at radius 1 is 1.21 bits per heavy atom. The average molecular weight is 189 g/mol. The number of aromatic nitrogens is 3. The minimum atomic E-state index is 0.796. The molecule has 2 heterocycles. The van der Waals surface area contributed by atoms with Crippen LogP contribution in [0.5, 0.6) is 0 Å². The van der Waals surface area contributed by atoms with E-state index in [1.807, 2.05) is 20.8 Å². The molecule has 0 aromatic carbocycles. The zero-order valence-electron chi connectivity index (χ0n) is 8.40. The zero-order valence-corrected chi connectivity index (χ0v) is 8.40. The SMILES string of the molecule is Cc1cncnc1-c1c(C)noc1C. The van der Waals surface area contributed by atoms with Crippen LogP contribution in [-0.2, 0) is 0 Å². The van der Waals surface area contributed by atoms with Gasteiger partial charge in [-0.3, -0.25) is 0 Å². The first-order valence-electron chi connectivity index (χ1n) is 4.40. The standard InChI is InChI=1S/C10H11N3O/c1-6-4-11-5-12-10(6)9-7(2)13-14-8(9)3/h4-5H,1-3H3. The second kappa shape index (κ2) is 3.21. The van der Waals surface area contributed by atoms with E-state index in [2.05, 4.69) is 15.1 Å². The lowest BCUT2D eigenvalue weighted by atomic mass is 10.1. The van der Waals surface area contributed by atoms with E-state index < -0.39 is 0 Å². The van der Waals surface area contributed by atoms with Crippen LogP contribution in [0.1, 0.15) is 17.0 Å². The molecule has 4 nitrogen and oxygen atoms in total. The molecule has 0 aliphatic heterocycles. The molecule has 0 N–H and O–H groups in total. The molecule has 2 aromatic rings. The van der Waals surface area contributed by atoms with E-state index >= 15 is 0 Å². The summed E-state index contributed by atoms with van der Waals surface area (Å²) < 4.78 is 5.09. The molecule has 0 bridgehead atoms. The van der Waals surface area contributed by atoms with Crippen molar-refractivity contribution in [2.45, 2.75) is 20.8 Å². The van der Waals surface area contributed by atoms with Crippen LogP contribution in [-0.4, -0.2) is 15.1 Å². The van der Waals surface area contributed by atoms with Crippen molar-refractivity contribution in [3.63, 3.8) is 0 Å². The van der Waals surface area contributed by atoms with Crippen molar-refractivity contribution in [1.82, 2.24) is 15.1 Å². The summed E-state index contributed by atoms with van der Waals surface area (Å²) in [4.78, 5) is 8.18. The Morgan fingerprint density at radius 3 is 2.57 bits per heavy atom. The molecule has 0 amide bonds. The number of hydrogen-bond donors (Lipinski definition) is 0. The predicted molar refractivity (Wildman–Crippen MR) is 51.7 cm³/mol. The summed E-state index contributed by atoms with van der Waals surface area (Å²) in [6.45, 7) is 5.77. The monoisotopic (exact) mass is 189 g/mol. The number of rotatable bonds is 1. The van der Waals surface area contributed by atoms with E-state index in [9.17, 15) is 0 Å². The lowest BCUT2D eigenvalue weighted by Crippen LogP contribution is -1.91. The molecule has 0 aliphatic rings. The summed E-state index contributed by atoms with van der Waals surface area (Å²) in [6.07, 6.45) is 3.32. The highest BCUT2D eigenvalue weighted by Gasteiger charge is 2.14. The summed E-state index contributed by atoms with van der Waals surface area (Å²) >= 11 is 0. The van der Waals surface area contributed by atoms with Crippen LogP contribution in [0.3, 0.4) is 0 Å². The van der Waals surface area contributed by atoms with Crippen LogP contribution in [0.4, 0.5) is 0 Å². The van der Waals surface area contributed by atoms with E-state index in [1.165, 1.54) is 6.33 Å². The first-order chi connectivity index (χ1) is 6.70. The molecule has 0 unspecified atom stereocenters. The molecule has 14 heavy (non-hydrogen) atoms. The van der Waals surface area contributed by atoms with E-state index in [1.54, 1.807) is 6.20 Å². The number of hydrogen-bond acceptors (Lipinski definition) is 4. The normalized spacial score (nSPS) is 10.5. The van der Waals surface area contributed by atoms with Gasteiger partial charge in [-0.1, -0.05) is 5.16 Å². The third-order valence-electron chi connectivity index (χ3n) is 2.17. The van der Waals surface area contributed by atoms with Crippen LogP contribution in [0.15, 0.2) is 17.0 Å². The van der Waals surface area contributed by atoms with E-state index in [0.29, 0.717) is 0 Å². The minimum Gasteiger partial charge on any atom is -0.361 e. The Labute approximate surface area is 82.0 Å². The summed E-state index contributed by atoms with van der Waals surface area (Å²) in [5, 5.41) is 3.90. The molecule has 0 saturated heterocycles. The fourth-order valence-electron chi connectivity index (χ4n) is 1.48. The van der Waals surface area contributed by atoms with Crippen LogP contribution in [0, 0.1) is 20.8 Å². The highest BCUT2D eigenvalue weighted by Crippen LogP contribution is 2.26. The smallest absolute Gasteiger partial charge is 0.143 e. The van der Waals surface area contributed by atoms with Gasteiger partial charge < -0.3 is 4.52 Å². The van der Waals surface area contributed by atoms with E-state index in [-0.39, 0.29) is 0 Å². The second-order valence-corrected chi connectivity index (χ2v) is 3.25. The van der Waals surface area contributed by atoms with Gasteiger partial charge in [0.2, 0.25) is 0 Å². The minimum absolute atomic E-state index is 0.796. The van der Waals surface area contributed by atoms with Crippen LogP contribution in [0.2, 0.25) is 0 Å². The topological polar surface area (TPSA) is 51.8 Å². The maximum absolute atomic E-state index is 5.09. The van der Waals surface area contributed by atoms with Crippen molar-refractivity contribution in [2.75, 3.05) is 0 Å². The molecule has 0 atom stereocenters. The highest BCUT2D eigenvalue weighted by molar-refractivity contribution is 5.66. The molecule has 0 aliphatic carbocycles. The van der Waals surface area contributed by atoms with Crippen molar-refractivity contribution in [2.24, 2.45) is 0 Å². The van der Waals surface area contributed by atoms with Gasteiger partial charge in [0.25, 0.3) is 0 Å². The third-order valence-corrected chi connectivity index (χ3v) is 2.17. The lowest BCUT2D eigenvalue weighted by molar-refractivity contribution is 0.393. The molecule has 2 rings (SSSR count). The van der Waals surface area contributed by atoms with Gasteiger partial charge in [0.15, 0.2) is 0 Å². The van der Waals surface area contributed by atoms with Gasteiger partial charge in [0.05, 0.1) is 17.0 Å². The summed E-state index contributed by atoms with van der Waals surface area (Å²) in [6, 6.07) is 0. The fourth-order valence-corrected chi connectivity index (χ4v) is 1.48. The fraction of sp³-hybridized carbons (Fsp3) is 0.300. The summed E-state index contributed by atoms with van der Waals surface area (Å²) in [7, 11) is 0. The summed E-state index contributed by atoms with van der Waals surface area (Å²) in [5.74, 6) is 0.796. The molecule has 4 heteroatoms. The van der Waals surface area contributed by atoms with Crippen molar-refractivity contribution in [1.29, 1.82) is 0 Å². The molecular weight excluding hydrogens is 178 g/mol. The van der Waals surface area contributed by atoms with Gasteiger partial charge in [-0.2, -0.15) is 0 Å².